The van der Waals surface area contributed by atoms with Crippen molar-refractivity contribution in [2.75, 3.05) is 19.6 Å². The van der Waals surface area contributed by atoms with Crippen LogP contribution in [-0.2, 0) is 0 Å². The highest BCUT2D eigenvalue weighted by Gasteiger charge is 2.36. The second-order valence-corrected chi connectivity index (χ2v) is 6.59. The minimum Gasteiger partial charge on any atom is -0.316 e. The highest BCUT2D eigenvalue weighted by Crippen LogP contribution is 2.37. The summed E-state index contributed by atoms with van der Waals surface area (Å²) in [7, 11) is 0. The van der Waals surface area contributed by atoms with Gasteiger partial charge in [0.25, 0.3) is 0 Å². The average Bonchev–Trinajstić information content (AvgIpc) is 3.34. The smallest absolute Gasteiger partial charge is 0.127 e. The number of rotatable bonds is 6. The minimum atomic E-state index is -0.0447. The summed E-state index contributed by atoms with van der Waals surface area (Å²) in [5, 5.41) is 3.51. The molecule has 1 heterocycles. The Kier molecular flexibility index (Phi) is 4.91. The Hall–Kier alpha value is -0.930. The first-order valence-corrected chi connectivity index (χ1v) is 8.50. The number of benzene rings is 1. The number of halogens is 1. The van der Waals surface area contributed by atoms with Crippen LogP contribution in [0.5, 0.6) is 0 Å². The first-order chi connectivity index (χ1) is 10.3. The van der Waals surface area contributed by atoms with Gasteiger partial charge >= 0.3 is 0 Å². The maximum absolute atomic E-state index is 14.2. The second kappa shape index (κ2) is 6.89. The molecule has 1 saturated heterocycles. The Labute approximate surface area is 127 Å². The Morgan fingerprint density at radius 3 is 2.71 bits per heavy atom. The first-order valence-electron chi connectivity index (χ1n) is 8.50. The number of hydrogen-bond donors (Lipinski definition) is 1. The maximum Gasteiger partial charge on any atom is 0.127 e. The van der Waals surface area contributed by atoms with Gasteiger partial charge in [0.2, 0.25) is 0 Å². The summed E-state index contributed by atoms with van der Waals surface area (Å²) in [6.07, 6.45) is 6.14. The van der Waals surface area contributed by atoms with E-state index in [2.05, 4.69) is 17.1 Å². The van der Waals surface area contributed by atoms with Crippen LogP contribution in [0.2, 0.25) is 0 Å². The fourth-order valence-corrected chi connectivity index (χ4v) is 3.69. The van der Waals surface area contributed by atoms with Gasteiger partial charge < -0.3 is 5.32 Å². The Balaban J connectivity index is 1.76. The molecule has 1 saturated carbocycles. The van der Waals surface area contributed by atoms with Crippen LogP contribution in [0.4, 0.5) is 4.39 Å². The van der Waals surface area contributed by atoms with Gasteiger partial charge in [-0.1, -0.05) is 25.1 Å². The van der Waals surface area contributed by atoms with E-state index >= 15 is 0 Å². The molecule has 2 nitrogen and oxygen atoms in total. The Bertz CT molecular complexity index is 452. The van der Waals surface area contributed by atoms with E-state index in [0.717, 1.165) is 37.5 Å². The second-order valence-electron chi connectivity index (χ2n) is 6.59. The molecule has 0 aromatic heterocycles. The molecule has 3 heteroatoms. The zero-order chi connectivity index (χ0) is 14.7. The summed E-state index contributed by atoms with van der Waals surface area (Å²) in [5.41, 5.74) is 0.885. The van der Waals surface area contributed by atoms with Crippen molar-refractivity contribution in [2.24, 2.45) is 5.92 Å². The van der Waals surface area contributed by atoms with E-state index in [9.17, 15) is 4.39 Å². The van der Waals surface area contributed by atoms with Crippen LogP contribution >= 0.6 is 0 Å². The summed E-state index contributed by atoms with van der Waals surface area (Å²) in [5.74, 6) is 0.678. The van der Waals surface area contributed by atoms with Gasteiger partial charge in [0, 0.05) is 24.2 Å². The molecule has 2 atom stereocenters. The molecule has 0 amide bonds. The van der Waals surface area contributed by atoms with Gasteiger partial charge in [0.15, 0.2) is 0 Å². The summed E-state index contributed by atoms with van der Waals surface area (Å²) in [6.45, 7) is 5.58. The molecule has 0 radical (unpaired) electrons. The third-order valence-electron chi connectivity index (χ3n) is 4.94. The topological polar surface area (TPSA) is 15.3 Å². The first kappa shape index (κ1) is 15.0. The van der Waals surface area contributed by atoms with Crippen molar-refractivity contribution >= 4 is 0 Å². The van der Waals surface area contributed by atoms with Crippen LogP contribution in [0.3, 0.4) is 0 Å². The largest absolute Gasteiger partial charge is 0.316 e. The SMILES string of the molecule is CCC(c1ccccc1F)N(CC1CCCNC1)C1CC1. The van der Waals surface area contributed by atoms with E-state index in [-0.39, 0.29) is 11.9 Å². The Morgan fingerprint density at radius 1 is 1.29 bits per heavy atom. The van der Waals surface area contributed by atoms with Crippen molar-refractivity contribution in [3.63, 3.8) is 0 Å². The predicted molar refractivity (Wildman–Crippen MR) is 84.8 cm³/mol. The highest BCUT2D eigenvalue weighted by molar-refractivity contribution is 5.22. The highest BCUT2D eigenvalue weighted by atomic mass is 19.1. The third-order valence-corrected chi connectivity index (χ3v) is 4.94. The molecule has 0 bridgehead atoms. The molecular weight excluding hydrogens is 263 g/mol. The van der Waals surface area contributed by atoms with Crippen LogP contribution in [-0.4, -0.2) is 30.6 Å². The molecule has 3 rings (SSSR count). The zero-order valence-electron chi connectivity index (χ0n) is 13.0. The van der Waals surface area contributed by atoms with E-state index in [1.165, 1.54) is 25.7 Å². The molecular formula is C18H27FN2. The molecule has 1 aromatic carbocycles. The molecule has 1 N–H and O–H groups in total. The summed E-state index contributed by atoms with van der Waals surface area (Å²) in [6, 6.07) is 8.24. The zero-order valence-corrected chi connectivity index (χ0v) is 13.0. The number of piperidine rings is 1. The van der Waals surface area contributed by atoms with Gasteiger partial charge in [-0.05, 0) is 57.2 Å². The standard InChI is InChI=1S/C18H27FN2/c1-2-18(16-7-3-4-8-17(16)19)21(15-9-10-15)13-14-6-5-11-20-12-14/h3-4,7-8,14-15,18,20H,2,5-6,9-13H2,1H3. The average molecular weight is 290 g/mol. The van der Waals surface area contributed by atoms with Crippen molar-refractivity contribution in [2.45, 2.75) is 51.1 Å². The van der Waals surface area contributed by atoms with Crippen molar-refractivity contribution in [1.29, 1.82) is 0 Å². The quantitative estimate of drug-likeness (QED) is 0.858. The van der Waals surface area contributed by atoms with E-state index in [0.29, 0.717) is 6.04 Å². The fourth-order valence-electron chi connectivity index (χ4n) is 3.69. The molecule has 1 aliphatic carbocycles. The van der Waals surface area contributed by atoms with E-state index in [4.69, 9.17) is 0 Å². The molecule has 2 fully saturated rings. The van der Waals surface area contributed by atoms with Crippen LogP contribution in [0.1, 0.15) is 50.6 Å². The van der Waals surface area contributed by atoms with Crippen LogP contribution in [0, 0.1) is 11.7 Å². The Morgan fingerprint density at radius 2 is 2.10 bits per heavy atom. The van der Waals surface area contributed by atoms with Gasteiger partial charge in [0.1, 0.15) is 5.82 Å². The lowest BCUT2D eigenvalue weighted by atomic mass is 9.95. The van der Waals surface area contributed by atoms with Crippen LogP contribution in [0.15, 0.2) is 24.3 Å². The van der Waals surface area contributed by atoms with Gasteiger partial charge in [0.05, 0.1) is 0 Å². The maximum atomic E-state index is 14.2. The normalized spacial score (nSPS) is 24.2. The molecule has 21 heavy (non-hydrogen) atoms. The predicted octanol–water partition coefficient (Wildman–Crippen LogP) is 3.74. The third kappa shape index (κ3) is 3.64. The summed E-state index contributed by atoms with van der Waals surface area (Å²) < 4.78 is 14.2. The van der Waals surface area contributed by atoms with Crippen molar-refractivity contribution in [1.82, 2.24) is 10.2 Å². The van der Waals surface area contributed by atoms with Crippen molar-refractivity contribution in [3.8, 4) is 0 Å². The number of hydrogen-bond acceptors (Lipinski definition) is 2. The monoisotopic (exact) mass is 290 g/mol. The molecule has 2 unspecified atom stereocenters. The lowest BCUT2D eigenvalue weighted by Gasteiger charge is -2.36. The minimum absolute atomic E-state index is 0.0447. The molecule has 0 spiro atoms. The van der Waals surface area contributed by atoms with Crippen LogP contribution < -0.4 is 5.32 Å². The van der Waals surface area contributed by atoms with Gasteiger partial charge in [-0.25, -0.2) is 4.39 Å². The summed E-state index contributed by atoms with van der Waals surface area (Å²) in [4.78, 5) is 2.59. The molecule has 1 aliphatic heterocycles. The van der Waals surface area contributed by atoms with Gasteiger partial charge in [-0.3, -0.25) is 4.90 Å². The lowest BCUT2D eigenvalue weighted by Crippen LogP contribution is -2.41. The van der Waals surface area contributed by atoms with Gasteiger partial charge in [-0.15, -0.1) is 0 Å². The van der Waals surface area contributed by atoms with E-state index in [1.807, 2.05) is 12.1 Å². The molecule has 1 aromatic rings. The van der Waals surface area contributed by atoms with E-state index in [1.54, 1.807) is 12.1 Å². The van der Waals surface area contributed by atoms with E-state index < -0.39 is 0 Å². The molecule has 2 aliphatic rings. The van der Waals surface area contributed by atoms with Crippen molar-refractivity contribution in [3.05, 3.63) is 35.6 Å². The number of nitrogens with one attached hydrogen (secondary N) is 1. The number of nitrogens with zero attached hydrogens (tertiary/aromatic N) is 1. The van der Waals surface area contributed by atoms with Crippen LogP contribution in [0.25, 0.3) is 0 Å². The van der Waals surface area contributed by atoms with Gasteiger partial charge in [-0.2, -0.15) is 0 Å². The lowest BCUT2D eigenvalue weighted by molar-refractivity contribution is 0.138. The van der Waals surface area contributed by atoms with Crippen molar-refractivity contribution < 1.29 is 4.39 Å². The summed E-state index contributed by atoms with van der Waals surface area (Å²) >= 11 is 0. The fraction of sp³-hybridized carbons (Fsp3) is 0.667. The molecule has 116 valence electrons.